The standard InChI is InChI=1S/C17H27BrN2/c1-5-10-19-12(2)16-9-8-15(11-17(16)18)20(4)13(3)14-6-7-14/h8-9,11-14,19H,5-7,10H2,1-4H3. The van der Waals surface area contributed by atoms with Gasteiger partial charge in [0.15, 0.2) is 0 Å². The fourth-order valence-electron chi connectivity index (χ4n) is 2.69. The molecule has 0 bridgehead atoms. The summed E-state index contributed by atoms with van der Waals surface area (Å²) >= 11 is 3.74. The molecule has 0 amide bonds. The van der Waals surface area contributed by atoms with E-state index in [0.717, 1.165) is 12.5 Å². The van der Waals surface area contributed by atoms with Crippen molar-refractivity contribution in [3.05, 3.63) is 28.2 Å². The molecule has 1 aromatic rings. The van der Waals surface area contributed by atoms with Gasteiger partial charge in [0.05, 0.1) is 0 Å². The highest BCUT2D eigenvalue weighted by Crippen LogP contribution is 2.37. The van der Waals surface area contributed by atoms with Crippen molar-refractivity contribution in [2.24, 2.45) is 5.92 Å². The van der Waals surface area contributed by atoms with Gasteiger partial charge in [-0.3, -0.25) is 0 Å². The van der Waals surface area contributed by atoms with E-state index in [4.69, 9.17) is 0 Å². The molecule has 1 N–H and O–H groups in total. The number of hydrogen-bond donors (Lipinski definition) is 1. The van der Waals surface area contributed by atoms with Crippen LogP contribution < -0.4 is 10.2 Å². The molecule has 1 saturated carbocycles. The maximum Gasteiger partial charge on any atom is 0.0377 e. The molecule has 0 aromatic heterocycles. The third kappa shape index (κ3) is 3.76. The van der Waals surface area contributed by atoms with Crippen molar-refractivity contribution in [3.8, 4) is 0 Å². The summed E-state index contributed by atoms with van der Waals surface area (Å²) in [5.41, 5.74) is 2.65. The molecule has 3 heteroatoms. The molecule has 0 heterocycles. The lowest BCUT2D eigenvalue weighted by Gasteiger charge is -2.28. The lowest BCUT2D eigenvalue weighted by Crippen LogP contribution is -2.30. The molecule has 0 radical (unpaired) electrons. The van der Waals surface area contributed by atoms with Gasteiger partial charge in [-0.25, -0.2) is 0 Å². The molecule has 112 valence electrons. The first-order chi connectivity index (χ1) is 9.54. The molecule has 1 aliphatic carbocycles. The molecular formula is C17H27BrN2. The Morgan fingerprint density at radius 1 is 1.35 bits per heavy atom. The summed E-state index contributed by atoms with van der Waals surface area (Å²) in [7, 11) is 2.21. The first kappa shape index (κ1) is 15.8. The topological polar surface area (TPSA) is 15.3 Å². The third-order valence-electron chi connectivity index (χ3n) is 4.47. The largest absolute Gasteiger partial charge is 0.372 e. The minimum Gasteiger partial charge on any atom is -0.372 e. The van der Waals surface area contributed by atoms with Crippen molar-refractivity contribution in [1.82, 2.24) is 5.32 Å². The van der Waals surface area contributed by atoms with Gasteiger partial charge >= 0.3 is 0 Å². The minimum absolute atomic E-state index is 0.393. The van der Waals surface area contributed by atoms with Gasteiger partial charge in [-0.2, -0.15) is 0 Å². The summed E-state index contributed by atoms with van der Waals surface area (Å²) < 4.78 is 1.21. The zero-order valence-electron chi connectivity index (χ0n) is 13.1. The molecule has 2 nitrogen and oxygen atoms in total. The zero-order chi connectivity index (χ0) is 14.7. The molecule has 0 aliphatic heterocycles. The van der Waals surface area contributed by atoms with Crippen LogP contribution in [-0.4, -0.2) is 19.6 Å². The molecule has 2 rings (SSSR count). The van der Waals surface area contributed by atoms with Crippen LogP contribution in [0.15, 0.2) is 22.7 Å². The number of halogens is 1. The van der Waals surface area contributed by atoms with E-state index >= 15 is 0 Å². The van der Waals surface area contributed by atoms with Gasteiger partial charge in [0.25, 0.3) is 0 Å². The minimum atomic E-state index is 0.393. The molecule has 1 aromatic carbocycles. The highest BCUT2D eigenvalue weighted by molar-refractivity contribution is 9.10. The van der Waals surface area contributed by atoms with Crippen LogP contribution in [-0.2, 0) is 0 Å². The van der Waals surface area contributed by atoms with Crippen LogP contribution in [0.2, 0.25) is 0 Å². The van der Waals surface area contributed by atoms with E-state index < -0.39 is 0 Å². The highest BCUT2D eigenvalue weighted by atomic mass is 79.9. The fourth-order valence-corrected chi connectivity index (χ4v) is 3.40. The number of nitrogens with zero attached hydrogens (tertiary/aromatic N) is 1. The van der Waals surface area contributed by atoms with Gasteiger partial charge < -0.3 is 10.2 Å². The predicted octanol–water partition coefficient (Wildman–Crippen LogP) is 4.74. The Hall–Kier alpha value is -0.540. The Morgan fingerprint density at radius 3 is 2.60 bits per heavy atom. The smallest absolute Gasteiger partial charge is 0.0377 e. The summed E-state index contributed by atoms with van der Waals surface area (Å²) in [6.45, 7) is 7.83. The van der Waals surface area contributed by atoms with Crippen molar-refractivity contribution in [1.29, 1.82) is 0 Å². The lowest BCUT2D eigenvalue weighted by atomic mass is 10.1. The molecule has 1 aliphatic rings. The van der Waals surface area contributed by atoms with Crippen LogP contribution in [0.25, 0.3) is 0 Å². The fraction of sp³-hybridized carbons (Fsp3) is 0.647. The Labute approximate surface area is 132 Å². The zero-order valence-corrected chi connectivity index (χ0v) is 14.7. The second kappa shape index (κ2) is 6.95. The molecule has 2 unspecified atom stereocenters. The van der Waals surface area contributed by atoms with Crippen molar-refractivity contribution >= 4 is 21.6 Å². The van der Waals surface area contributed by atoms with Gasteiger partial charge in [0, 0.05) is 29.3 Å². The van der Waals surface area contributed by atoms with Gasteiger partial charge in [-0.05, 0) is 63.3 Å². The second-order valence-corrected chi connectivity index (χ2v) is 6.92. The average molecular weight is 339 g/mol. The van der Waals surface area contributed by atoms with E-state index in [0.29, 0.717) is 12.1 Å². The summed E-state index contributed by atoms with van der Waals surface area (Å²) in [4.78, 5) is 2.41. The number of nitrogens with one attached hydrogen (secondary N) is 1. The SMILES string of the molecule is CCCNC(C)c1ccc(N(C)C(C)C2CC2)cc1Br. The van der Waals surface area contributed by atoms with Gasteiger partial charge in [-0.15, -0.1) is 0 Å². The first-order valence-electron chi connectivity index (χ1n) is 7.80. The maximum absolute atomic E-state index is 3.74. The Morgan fingerprint density at radius 2 is 2.05 bits per heavy atom. The molecular weight excluding hydrogens is 312 g/mol. The van der Waals surface area contributed by atoms with Crippen molar-refractivity contribution in [2.75, 3.05) is 18.5 Å². The van der Waals surface area contributed by atoms with E-state index in [-0.39, 0.29) is 0 Å². The van der Waals surface area contributed by atoms with Crippen molar-refractivity contribution < 1.29 is 0 Å². The van der Waals surface area contributed by atoms with E-state index in [2.05, 4.69) is 72.2 Å². The molecule has 2 atom stereocenters. The quantitative estimate of drug-likeness (QED) is 0.772. The Balaban J connectivity index is 2.08. The normalized spacial score (nSPS) is 17.9. The number of hydrogen-bond acceptors (Lipinski definition) is 2. The van der Waals surface area contributed by atoms with Gasteiger partial charge in [0.1, 0.15) is 0 Å². The third-order valence-corrected chi connectivity index (χ3v) is 5.16. The summed E-state index contributed by atoms with van der Waals surface area (Å²) in [5, 5.41) is 3.55. The lowest BCUT2D eigenvalue weighted by molar-refractivity contribution is 0.568. The van der Waals surface area contributed by atoms with Crippen LogP contribution in [0.5, 0.6) is 0 Å². The summed E-state index contributed by atoms with van der Waals surface area (Å²) in [5.74, 6) is 0.892. The number of benzene rings is 1. The van der Waals surface area contributed by atoms with E-state index in [9.17, 15) is 0 Å². The monoisotopic (exact) mass is 338 g/mol. The summed E-state index contributed by atoms with van der Waals surface area (Å²) in [6.07, 6.45) is 3.95. The molecule has 1 fully saturated rings. The van der Waals surface area contributed by atoms with Crippen LogP contribution >= 0.6 is 15.9 Å². The maximum atomic E-state index is 3.74. The van der Waals surface area contributed by atoms with Gasteiger partial charge in [0.2, 0.25) is 0 Å². The number of anilines is 1. The van der Waals surface area contributed by atoms with E-state index in [1.54, 1.807) is 0 Å². The van der Waals surface area contributed by atoms with Crippen molar-refractivity contribution in [2.45, 2.75) is 52.1 Å². The number of rotatable bonds is 7. The van der Waals surface area contributed by atoms with Crippen molar-refractivity contribution in [3.63, 3.8) is 0 Å². The molecule has 20 heavy (non-hydrogen) atoms. The van der Waals surface area contributed by atoms with Crippen LogP contribution in [0.3, 0.4) is 0 Å². The predicted molar refractivity (Wildman–Crippen MR) is 91.4 cm³/mol. The van der Waals surface area contributed by atoms with E-state index in [1.165, 1.54) is 35.0 Å². The first-order valence-corrected chi connectivity index (χ1v) is 8.59. The van der Waals surface area contributed by atoms with E-state index in [1.807, 2.05) is 0 Å². The second-order valence-electron chi connectivity index (χ2n) is 6.07. The van der Waals surface area contributed by atoms with Crippen LogP contribution in [0.4, 0.5) is 5.69 Å². The molecule has 0 spiro atoms. The Bertz CT molecular complexity index is 443. The Kier molecular flexibility index (Phi) is 5.50. The highest BCUT2D eigenvalue weighted by Gasteiger charge is 2.30. The average Bonchev–Trinajstić information content (AvgIpc) is 3.27. The van der Waals surface area contributed by atoms with Crippen LogP contribution in [0.1, 0.15) is 51.6 Å². The van der Waals surface area contributed by atoms with Gasteiger partial charge in [-0.1, -0.05) is 28.9 Å². The molecule has 0 saturated heterocycles. The summed E-state index contributed by atoms with van der Waals surface area (Å²) in [6, 6.07) is 7.80. The van der Waals surface area contributed by atoms with Crippen LogP contribution in [0, 0.1) is 5.92 Å².